The number of rotatable bonds is 9. The third-order valence-corrected chi connectivity index (χ3v) is 7.47. The number of hydrogen-bond acceptors (Lipinski definition) is 7. The van der Waals surface area contributed by atoms with Crippen molar-refractivity contribution in [3.05, 3.63) is 93.7 Å². The lowest BCUT2D eigenvalue weighted by molar-refractivity contribution is -0.114. The van der Waals surface area contributed by atoms with Gasteiger partial charge >= 0.3 is 0 Å². The molecule has 1 aromatic heterocycles. The smallest absolute Gasteiger partial charge is 0.270 e. The summed E-state index contributed by atoms with van der Waals surface area (Å²) in [6.07, 6.45) is 4.76. The van der Waals surface area contributed by atoms with E-state index in [2.05, 4.69) is 4.98 Å². The Morgan fingerprint density at radius 3 is 2.48 bits per heavy atom. The Balaban J connectivity index is 1.79. The zero-order valence-corrected chi connectivity index (χ0v) is 23.4. The van der Waals surface area contributed by atoms with Gasteiger partial charge in [-0.05, 0) is 74.7 Å². The van der Waals surface area contributed by atoms with Crippen molar-refractivity contribution in [2.24, 2.45) is 0 Å². The molecule has 0 radical (unpaired) electrons. The summed E-state index contributed by atoms with van der Waals surface area (Å²) in [6, 6.07) is 10.7. The van der Waals surface area contributed by atoms with Crippen molar-refractivity contribution in [1.82, 2.24) is 9.71 Å². The van der Waals surface area contributed by atoms with Crippen LogP contribution in [0.5, 0.6) is 17.4 Å². The van der Waals surface area contributed by atoms with Gasteiger partial charge in [0.25, 0.3) is 15.9 Å². The average Bonchev–Trinajstić information content (AvgIpc) is 2.90. The zero-order valence-electron chi connectivity index (χ0n) is 22.6. The Morgan fingerprint density at radius 2 is 1.80 bits per heavy atom. The second-order valence-corrected chi connectivity index (χ2v) is 11.0. The molecule has 1 N–H and O–H groups in total. The molecule has 1 aliphatic carbocycles. The summed E-state index contributed by atoms with van der Waals surface area (Å²) in [5.74, 6) is -1.63. The van der Waals surface area contributed by atoms with E-state index in [1.807, 2.05) is 44.5 Å². The summed E-state index contributed by atoms with van der Waals surface area (Å²) >= 11 is 0. The van der Waals surface area contributed by atoms with Crippen LogP contribution in [0.2, 0.25) is 0 Å². The van der Waals surface area contributed by atoms with Crippen LogP contribution in [0.1, 0.15) is 46.8 Å². The minimum Gasteiger partial charge on any atom is -0.494 e. The molecule has 0 aliphatic heterocycles. The highest BCUT2D eigenvalue weighted by Gasteiger charge is 2.29. The normalized spacial score (nSPS) is 13.1. The Kier molecular flexibility index (Phi) is 8.49. The lowest BCUT2D eigenvalue weighted by atomic mass is 10.1. The number of aryl methyl sites for hydroxylation is 3. The molecule has 1 aliphatic rings. The van der Waals surface area contributed by atoms with E-state index in [1.54, 1.807) is 0 Å². The van der Waals surface area contributed by atoms with Gasteiger partial charge in [0, 0.05) is 12.0 Å². The molecule has 208 valence electrons. The summed E-state index contributed by atoms with van der Waals surface area (Å²) in [4.78, 5) is 29.4. The first-order chi connectivity index (χ1) is 19.0. The van der Waals surface area contributed by atoms with E-state index >= 15 is 0 Å². The van der Waals surface area contributed by atoms with E-state index in [0.29, 0.717) is 18.1 Å². The lowest BCUT2D eigenvalue weighted by Crippen LogP contribution is -2.34. The summed E-state index contributed by atoms with van der Waals surface area (Å²) in [7, 11) is -4.47. The molecule has 40 heavy (non-hydrogen) atoms. The zero-order chi connectivity index (χ0) is 29.0. The molecule has 0 saturated heterocycles. The number of benzene rings is 2. The summed E-state index contributed by atoms with van der Waals surface area (Å²) < 4.78 is 54.3. The highest BCUT2D eigenvalue weighted by Crippen LogP contribution is 2.34. The maximum absolute atomic E-state index is 14.9. The fourth-order valence-corrected chi connectivity index (χ4v) is 5.38. The fourth-order valence-electron chi connectivity index (χ4n) is 4.27. The lowest BCUT2D eigenvalue weighted by Gasteiger charge is -2.17. The maximum atomic E-state index is 14.9. The molecule has 2 aromatic carbocycles. The third kappa shape index (κ3) is 6.28. The van der Waals surface area contributed by atoms with Gasteiger partial charge < -0.3 is 9.47 Å². The molecular formula is C30H29FN2O6S. The molecule has 3 aromatic rings. The van der Waals surface area contributed by atoms with E-state index in [0.717, 1.165) is 29.2 Å². The van der Waals surface area contributed by atoms with Gasteiger partial charge in [-0.3, -0.25) is 9.59 Å². The number of allylic oxidation sites excluding steroid dienone is 4. The first-order valence-electron chi connectivity index (χ1n) is 12.7. The van der Waals surface area contributed by atoms with Crippen molar-refractivity contribution in [2.75, 3.05) is 6.61 Å². The number of ether oxygens (including phenoxy) is 2. The number of carbonyl (C=O) groups is 2. The van der Waals surface area contributed by atoms with E-state index in [-0.39, 0.29) is 29.1 Å². The number of halogens is 1. The number of aromatic nitrogens is 1. The van der Waals surface area contributed by atoms with Crippen molar-refractivity contribution >= 4 is 21.7 Å². The largest absolute Gasteiger partial charge is 0.494 e. The van der Waals surface area contributed by atoms with Crippen LogP contribution in [-0.2, 0) is 14.8 Å². The summed E-state index contributed by atoms with van der Waals surface area (Å²) in [5, 5.41) is 0. The van der Waals surface area contributed by atoms with Gasteiger partial charge in [-0.15, -0.1) is 0 Å². The molecule has 0 bridgehead atoms. The molecule has 10 heteroatoms. The van der Waals surface area contributed by atoms with Gasteiger partial charge in [0.15, 0.2) is 5.78 Å². The van der Waals surface area contributed by atoms with E-state index in [9.17, 15) is 22.4 Å². The molecule has 0 fully saturated rings. The standard InChI is InChI=1S/C30H29FN2O6S/c1-5-14-38-21-10-12-24(31)23(17-21)25-13-11-22(29(35)33-40(36,37)27-9-7-6-8-26(27)34)30(32-25)39-28-19(3)15-18(2)16-20(28)4/h6-7,9-13,15-17H,5,8,14H2,1-4H3,(H,33,35). The van der Waals surface area contributed by atoms with Gasteiger partial charge in [-0.2, -0.15) is 0 Å². The number of amides is 1. The van der Waals surface area contributed by atoms with Crippen molar-refractivity contribution in [3.8, 4) is 28.6 Å². The molecule has 0 spiro atoms. The Morgan fingerprint density at radius 1 is 1.07 bits per heavy atom. The third-order valence-electron chi connectivity index (χ3n) is 6.07. The van der Waals surface area contributed by atoms with E-state index in [4.69, 9.17) is 9.47 Å². The highest BCUT2D eigenvalue weighted by molar-refractivity contribution is 7.95. The van der Waals surface area contributed by atoms with Gasteiger partial charge in [0.1, 0.15) is 27.8 Å². The number of pyridine rings is 1. The number of Topliss-reactive ketones (excluding diaryl/α,β-unsaturated/α-hetero) is 1. The molecule has 0 saturated carbocycles. The second-order valence-electron chi connectivity index (χ2n) is 9.39. The van der Waals surface area contributed by atoms with Crippen LogP contribution in [0.25, 0.3) is 11.3 Å². The molecule has 4 rings (SSSR count). The van der Waals surface area contributed by atoms with Gasteiger partial charge in [0.2, 0.25) is 5.88 Å². The number of sulfonamides is 1. The van der Waals surface area contributed by atoms with Crippen LogP contribution in [-0.4, -0.2) is 31.7 Å². The monoisotopic (exact) mass is 564 g/mol. The van der Waals surface area contributed by atoms with Crippen molar-refractivity contribution < 1.29 is 31.9 Å². The van der Waals surface area contributed by atoms with Crippen LogP contribution < -0.4 is 14.2 Å². The van der Waals surface area contributed by atoms with Crippen molar-refractivity contribution in [2.45, 2.75) is 40.5 Å². The Labute approximate surface area is 232 Å². The molecule has 1 heterocycles. The summed E-state index contributed by atoms with van der Waals surface area (Å²) in [6.45, 7) is 7.98. The summed E-state index contributed by atoms with van der Waals surface area (Å²) in [5.41, 5.74) is 2.55. The van der Waals surface area contributed by atoms with Gasteiger partial charge in [-0.25, -0.2) is 22.5 Å². The first kappa shape index (κ1) is 28.7. The average molecular weight is 565 g/mol. The van der Waals surface area contributed by atoms with Crippen LogP contribution >= 0.6 is 0 Å². The van der Waals surface area contributed by atoms with Crippen LogP contribution in [0.15, 0.2) is 65.6 Å². The van der Waals surface area contributed by atoms with Crippen molar-refractivity contribution in [1.29, 1.82) is 0 Å². The molecule has 0 unspecified atom stereocenters. The molecule has 1 amide bonds. The van der Waals surface area contributed by atoms with Gasteiger partial charge in [0.05, 0.1) is 12.3 Å². The fraction of sp³-hybridized carbons (Fsp3) is 0.233. The molecule has 0 atom stereocenters. The molecular weight excluding hydrogens is 535 g/mol. The van der Waals surface area contributed by atoms with Crippen LogP contribution in [0, 0.1) is 26.6 Å². The van der Waals surface area contributed by atoms with E-state index < -0.39 is 32.4 Å². The number of ketones is 1. The number of carbonyl (C=O) groups excluding carboxylic acids is 2. The Hall–Kier alpha value is -4.31. The van der Waals surface area contributed by atoms with E-state index in [1.165, 1.54) is 42.5 Å². The highest BCUT2D eigenvalue weighted by atomic mass is 32.2. The predicted molar refractivity (Wildman–Crippen MR) is 149 cm³/mol. The predicted octanol–water partition coefficient (Wildman–Crippen LogP) is 5.87. The van der Waals surface area contributed by atoms with Crippen molar-refractivity contribution in [3.63, 3.8) is 0 Å². The SMILES string of the molecule is CCCOc1ccc(F)c(-c2ccc(C(=O)NS(=O)(=O)C3=CC=CCC3=O)c(Oc3c(C)cc(C)cc3C)n2)c1. The minimum atomic E-state index is -4.47. The topological polar surface area (TPSA) is 112 Å². The second kappa shape index (κ2) is 11.8. The quantitative estimate of drug-likeness (QED) is 0.346. The Bertz CT molecular complexity index is 1640. The maximum Gasteiger partial charge on any atom is 0.270 e. The van der Waals surface area contributed by atoms with Crippen LogP contribution in [0.4, 0.5) is 4.39 Å². The molecule has 8 nitrogen and oxygen atoms in total. The minimum absolute atomic E-state index is 0.0931. The number of nitrogens with zero attached hydrogens (tertiary/aromatic N) is 1. The number of nitrogens with one attached hydrogen (secondary N) is 1. The van der Waals surface area contributed by atoms with Crippen LogP contribution in [0.3, 0.4) is 0 Å². The first-order valence-corrected chi connectivity index (χ1v) is 14.1. The number of hydrogen-bond donors (Lipinski definition) is 1. The van der Waals surface area contributed by atoms with Gasteiger partial charge in [-0.1, -0.05) is 36.8 Å².